The lowest BCUT2D eigenvalue weighted by Gasteiger charge is -2.30. The van der Waals surface area contributed by atoms with Crippen molar-refractivity contribution < 1.29 is 4.42 Å². The van der Waals surface area contributed by atoms with E-state index in [-0.39, 0.29) is 5.41 Å². The third kappa shape index (κ3) is 3.04. The van der Waals surface area contributed by atoms with Gasteiger partial charge in [0.05, 0.1) is 16.5 Å². The van der Waals surface area contributed by atoms with E-state index in [1.807, 2.05) is 6.07 Å². The molecule has 0 bridgehead atoms. The van der Waals surface area contributed by atoms with Crippen molar-refractivity contribution in [2.75, 3.05) is 4.90 Å². The first-order valence-electron chi connectivity index (χ1n) is 17.0. The highest BCUT2D eigenvalue weighted by molar-refractivity contribution is 6.14. The second-order valence-electron chi connectivity index (χ2n) is 13.6. The third-order valence-corrected chi connectivity index (χ3v) is 11.4. The first kappa shape index (κ1) is 25.7. The molecule has 8 aromatic carbocycles. The topological polar surface area (TPSA) is 16.4 Å². The summed E-state index contributed by atoms with van der Waals surface area (Å²) in [4.78, 5) is 2.44. The van der Waals surface area contributed by atoms with Crippen LogP contribution in [0.25, 0.3) is 66.1 Å². The molecule has 0 saturated heterocycles. The highest BCUT2D eigenvalue weighted by Crippen LogP contribution is 2.70. The van der Waals surface area contributed by atoms with Crippen LogP contribution in [0.15, 0.2) is 168 Å². The Morgan fingerprint density at radius 2 is 1.00 bits per heavy atom. The van der Waals surface area contributed by atoms with Crippen molar-refractivity contribution in [1.29, 1.82) is 0 Å². The number of benzene rings is 8. The highest BCUT2D eigenvalue weighted by atomic mass is 16.3. The zero-order valence-electron chi connectivity index (χ0n) is 26.4. The van der Waals surface area contributed by atoms with Gasteiger partial charge in [-0.3, -0.25) is 0 Å². The van der Waals surface area contributed by atoms with E-state index in [4.69, 9.17) is 4.42 Å². The van der Waals surface area contributed by atoms with Crippen LogP contribution in [0.4, 0.5) is 17.1 Å². The Balaban J connectivity index is 1.19. The van der Waals surface area contributed by atoms with Gasteiger partial charge in [-0.25, -0.2) is 0 Å². The van der Waals surface area contributed by atoms with Crippen molar-refractivity contribution in [3.63, 3.8) is 0 Å². The predicted octanol–water partition coefficient (Wildman–Crippen LogP) is 12.5. The van der Waals surface area contributed by atoms with Gasteiger partial charge in [-0.2, -0.15) is 0 Å². The molecule has 49 heavy (non-hydrogen) atoms. The first-order chi connectivity index (χ1) is 24.3. The lowest BCUT2D eigenvalue weighted by atomic mass is 9.73. The molecule has 9 aromatic rings. The molecule has 0 N–H and O–H groups in total. The summed E-state index contributed by atoms with van der Waals surface area (Å²) in [6.07, 6.45) is 0. The summed E-state index contributed by atoms with van der Waals surface area (Å²) < 4.78 is 6.43. The minimum Gasteiger partial charge on any atom is -0.456 e. The van der Waals surface area contributed by atoms with E-state index in [1.165, 1.54) is 66.4 Å². The second-order valence-corrected chi connectivity index (χ2v) is 13.6. The molecule has 3 aliphatic carbocycles. The minimum absolute atomic E-state index is 0.344. The van der Waals surface area contributed by atoms with Crippen molar-refractivity contribution in [1.82, 2.24) is 0 Å². The third-order valence-electron chi connectivity index (χ3n) is 11.4. The summed E-state index contributed by atoms with van der Waals surface area (Å²) in [6.45, 7) is 0. The number of nitrogens with zero attached hydrogens (tertiary/aromatic N) is 1. The van der Waals surface area contributed by atoms with Crippen molar-refractivity contribution in [2.45, 2.75) is 5.41 Å². The Kier molecular flexibility index (Phi) is 4.69. The zero-order valence-corrected chi connectivity index (χ0v) is 26.4. The van der Waals surface area contributed by atoms with E-state index < -0.39 is 0 Å². The van der Waals surface area contributed by atoms with Crippen LogP contribution >= 0.6 is 0 Å². The van der Waals surface area contributed by atoms with Gasteiger partial charge in [0.25, 0.3) is 0 Å². The fourth-order valence-electron chi connectivity index (χ4n) is 9.57. The molecule has 0 fully saturated rings. The van der Waals surface area contributed by atoms with E-state index in [2.05, 4.69) is 163 Å². The van der Waals surface area contributed by atoms with Crippen molar-refractivity contribution in [2.24, 2.45) is 0 Å². The molecule has 0 saturated carbocycles. The number of anilines is 3. The summed E-state index contributed by atoms with van der Waals surface area (Å²) in [7, 11) is 0. The van der Waals surface area contributed by atoms with Gasteiger partial charge in [-0.1, -0.05) is 121 Å². The normalized spacial score (nSPS) is 15.8. The van der Waals surface area contributed by atoms with Gasteiger partial charge in [-0.05, 0) is 109 Å². The molecule has 1 spiro atoms. The minimum atomic E-state index is -0.344. The quantitative estimate of drug-likeness (QED) is 0.195. The van der Waals surface area contributed by atoms with Gasteiger partial charge in [0.2, 0.25) is 0 Å². The summed E-state index contributed by atoms with van der Waals surface area (Å²) in [5.74, 6) is 0. The predicted molar refractivity (Wildman–Crippen MR) is 201 cm³/mol. The molecular formula is C47H27NO. The van der Waals surface area contributed by atoms with Crippen LogP contribution in [0.5, 0.6) is 0 Å². The fraction of sp³-hybridized carbons (Fsp3) is 0.0213. The summed E-state index contributed by atoms with van der Waals surface area (Å²) in [6, 6.07) is 60.3. The standard InChI is InChI=1S/C47H27NO/c1-2-11-29-26-30(23-22-28(29)10-1)48(41-19-9-21-43-44(41)38-13-4-6-20-42(38)49-43)31-24-25-33-35-15-8-17-37-36-16-7-14-34-32-12-3-5-18-39(32)47(45(34)36,46(35)37)40(33)27-31/h1-27H. The number of furan rings is 1. The maximum Gasteiger partial charge on any atom is 0.137 e. The van der Waals surface area contributed by atoms with Gasteiger partial charge in [0, 0.05) is 16.8 Å². The Bertz CT molecular complexity index is 2870. The van der Waals surface area contributed by atoms with E-state index in [9.17, 15) is 0 Å². The molecule has 1 unspecified atom stereocenters. The molecule has 3 aliphatic rings. The molecule has 0 aliphatic heterocycles. The van der Waals surface area contributed by atoms with Crippen LogP contribution in [-0.4, -0.2) is 0 Å². The molecule has 0 amide bonds. The van der Waals surface area contributed by atoms with Crippen LogP contribution in [-0.2, 0) is 5.41 Å². The van der Waals surface area contributed by atoms with Crippen molar-refractivity contribution in [3.8, 4) is 33.4 Å². The Labute approximate surface area is 283 Å². The van der Waals surface area contributed by atoms with E-state index in [0.29, 0.717) is 0 Å². The monoisotopic (exact) mass is 621 g/mol. The summed E-state index contributed by atoms with van der Waals surface area (Å²) in [5, 5.41) is 4.68. The molecule has 1 heterocycles. The van der Waals surface area contributed by atoms with Gasteiger partial charge in [0.15, 0.2) is 0 Å². The van der Waals surface area contributed by atoms with E-state index in [0.717, 1.165) is 39.0 Å². The number of hydrogen-bond donors (Lipinski definition) is 0. The van der Waals surface area contributed by atoms with Gasteiger partial charge >= 0.3 is 0 Å². The Morgan fingerprint density at radius 3 is 1.84 bits per heavy atom. The summed E-state index contributed by atoms with van der Waals surface area (Å²) in [5.41, 5.74) is 18.5. The molecule has 0 radical (unpaired) electrons. The second kappa shape index (κ2) is 8.94. The number of fused-ring (bicyclic) bond motifs is 9. The molecule has 2 heteroatoms. The zero-order chi connectivity index (χ0) is 31.8. The SMILES string of the molecule is c1ccc2c(c1)-c1cccc3c1C21c2cc(N(c4ccc5ccccc5c4)c4cccc5oc6ccccc6c45)ccc2-c2cccc-3c21. The fourth-order valence-corrected chi connectivity index (χ4v) is 9.57. The Hall–Kier alpha value is -6.38. The molecule has 1 aromatic heterocycles. The van der Waals surface area contributed by atoms with Crippen molar-refractivity contribution >= 4 is 49.8 Å². The molecule has 226 valence electrons. The van der Waals surface area contributed by atoms with Crippen LogP contribution < -0.4 is 4.90 Å². The van der Waals surface area contributed by atoms with Crippen LogP contribution in [0.1, 0.15) is 22.3 Å². The lowest BCUT2D eigenvalue weighted by Crippen LogP contribution is -2.23. The first-order valence-corrected chi connectivity index (χ1v) is 17.0. The van der Waals surface area contributed by atoms with Crippen molar-refractivity contribution in [3.05, 3.63) is 186 Å². The van der Waals surface area contributed by atoms with Gasteiger partial charge in [0.1, 0.15) is 11.2 Å². The average molecular weight is 622 g/mol. The molecular weight excluding hydrogens is 595 g/mol. The maximum atomic E-state index is 6.43. The average Bonchev–Trinajstić information content (AvgIpc) is 3.87. The van der Waals surface area contributed by atoms with E-state index in [1.54, 1.807) is 0 Å². The van der Waals surface area contributed by atoms with E-state index >= 15 is 0 Å². The van der Waals surface area contributed by atoms with Crippen LogP contribution in [0, 0.1) is 0 Å². The molecule has 12 rings (SSSR count). The van der Waals surface area contributed by atoms with Gasteiger partial charge < -0.3 is 9.32 Å². The van der Waals surface area contributed by atoms with Gasteiger partial charge in [-0.15, -0.1) is 0 Å². The summed E-state index contributed by atoms with van der Waals surface area (Å²) >= 11 is 0. The largest absolute Gasteiger partial charge is 0.456 e. The van der Waals surface area contributed by atoms with Crippen LogP contribution in [0.2, 0.25) is 0 Å². The maximum absolute atomic E-state index is 6.43. The number of hydrogen-bond acceptors (Lipinski definition) is 2. The lowest BCUT2D eigenvalue weighted by molar-refractivity contribution is 0.669. The van der Waals surface area contributed by atoms with Crippen LogP contribution in [0.3, 0.4) is 0 Å². The Morgan fingerprint density at radius 1 is 0.408 bits per heavy atom. The molecule has 1 atom stereocenters. The number of rotatable bonds is 3. The number of para-hydroxylation sites is 1. The molecule has 2 nitrogen and oxygen atoms in total. The highest BCUT2D eigenvalue weighted by Gasteiger charge is 2.57. The smallest absolute Gasteiger partial charge is 0.137 e.